The van der Waals surface area contributed by atoms with Gasteiger partial charge in [-0.05, 0) is 118 Å². The largest absolute Gasteiger partial charge is 0.457 e. The van der Waals surface area contributed by atoms with E-state index in [2.05, 4.69) is 60.7 Å². The van der Waals surface area contributed by atoms with Crippen molar-refractivity contribution < 1.29 is 19.7 Å². The summed E-state index contributed by atoms with van der Waals surface area (Å²) < 4.78 is 12.0. The summed E-state index contributed by atoms with van der Waals surface area (Å²) in [6.07, 6.45) is 1.04. The van der Waals surface area contributed by atoms with Gasteiger partial charge in [-0.2, -0.15) is 0 Å². The summed E-state index contributed by atoms with van der Waals surface area (Å²) in [6.45, 7) is 0.0365. The Kier molecular flexibility index (Phi) is 7.91. The van der Waals surface area contributed by atoms with Gasteiger partial charge in [0.05, 0.1) is 0 Å². The zero-order valence-corrected chi connectivity index (χ0v) is 24.9. The standard InChI is InChI=1S/C41H34O4/c42-25-23-41(24-26-43)39-27-31(29-11-17-35(18-12-29)44-33-7-3-1-4-8-33)15-21-37(39)38-22-16-32(28-40(38)41)30-13-19-36(20-14-30)45-34-9-5-2-6-10-34/h1-22,27-28,42-43H,23-26H2. The van der Waals surface area contributed by atoms with Crippen molar-refractivity contribution in [3.8, 4) is 56.4 Å². The number of aliphatic hydroxyl groups is 2. The molecule has 0 spiro atoms. The fourth-order valence-electron chi connectivity index (χ4n) is 6.58. The van der Waals surface area contributed by atoms with E-state index in [0.29, 0.717) is 12.8 Å². The zero-order valence-electron chi connectivity index (χ0n) is 24.9. The quantitative estimate of drug-likeness (QED) is 0.167. The normalized spacial score (nSPS) is 12.8. The third-order valence-corrected chi connectivity index (χ3v) is 8.77. The molecule has 0 aliphatic heterocycles. The highest BCUT2D eigenvalue weighted by Gasteiger charge is 2.42. The van der Waals surface area contributed by atoms with Gasteiger partial charge in [-0.15, -0.1) is 0 Å². The number of fused-ring (bicyclic) bond motifs is 3. The first kappa shape index (κ1) is 28.6. The number of hydrogen-bond acceptors (Lipinski definition) is 4. The molecule has 1 aliphatic rings. The molecule has 45 heavy (non-hydrogen) atoms. The van der Waals surface area contributed by atoms with Crippen molar-refractivity contribution in [2.45, 2.75) is 18.3 Å². The minimum Gasteiger partial charge on any atom is -0.457 e. The van der Waals surface area contributed by atoms with Crippen molar-refractivity contribution in [2.24, 2.45) is 0 Å². The lowest BCUT2D eigenvalue weighted by Gasteiger charge is -2.31. The summed E-state index contributed by atoms with van der Waals surface area (Å²) in [5.74, 6) is 3.16. The molecule has 4 heteroatoms. The third-order valence-electron chi connectivity index (χ3n) is 8.77. The number of para-hydroxylation sites is 2. The van der Waals surface area contributed by atoms with Crippen LogP contribution in [0, 0.1) is 0 Å². The molecule has 2 N–H and O–H groups in total. The Labute approximate surface area is 263 Å². The Bertz CT molecular complexity index is 1750. The highest BCUT2D eigenvalue weighted by atomic mass is 16.5. The SMILES string of the molecule is OCCC1(CCO)c2cc(-c3ccc(Oc4ccccc4)cc3)ccc2-c2ccc(-c3ccc(Oc4ccccc4)cc3)cc21. The minimum absolute atomic E-state index is 0.0182. The van der Waals surface area contributed by atoms with Crippen LogP contribution in [0.4, 0.5) is 0 Å². The molecule has 0 amide bonds. The van der Waals surface area contributed by atoms with Crippen molar-refractivity contribution in [3.63, 3.8) is 0 Å². The summed E-state index contributed by atoms with van der Waals surface area (Å²) in [5, 5.41) is 20.7. The molecule has 7 rings (SSSR count). The van der Waals surface area contributed by atoms with Gasteiger partial charge in [0.15, 0.2) is 0 Å². The Morgan fingerprint density at radius 2 is 0.756 bits per heavy atom. The fourth-order valence-corrected chi connectivity index (χ4v) is 6.58. The first-order valence-corrected chi connectivity index (χ1v) is 15.3. The van der Waals surface area contributed by atoms with Gasteiger partial charge in [-0.3, -0.25) is 0 Å². The smallest absolute Gasteiger partial charge is 0.127 e. The maximum atomic E-state index is 10.3. The molecule has 0 fully saturated rings. The van der Waals surface area contributed by atoms with Gasteiger partial charge in [0.2, 0.25) is 0 Å². The second-order valence-corrected chi connectivity index (χ2v) is 11.4. The topological polar surface area (TPSA) is 58.9 Å². The Balaban J connectivity index is 1.21. The van der Waals surface area contributed by atoms with Gasteiger partial charge in [0, 0.05) is 18.6 Å². The highest BCUT2D eigenvalue weighted by Crippen LogP contribution is 2.54. The van der Waals surface area contributed by atoms with Crippen LogP contribution in [-0.4, -0.2) is 23.4 Å². The average Bonchev–Trinajstić information content (AvgIpc) is 3.35. The first-order chi connectivity index (χ1) is 22.2. The summed E-state index contributed by atoms with van der Waals surface area (Å²) in [4.78, 5) is 0. The van der Waals surface area contributed by atoms with Crippen molar-refractivity contribution in [2.75, 3.05) is 13.2 Å². The van der Waals surface area contributed by atoms with E-state index >= 15 is 0 Å². The van der Waals surface area contributed by atoms with Crippen LogP contribution in [0.15, 0.2) is 146 Å². The van der Waals surface area contributed by atoms with Crippen molar-refractivity contribution >= 4 is 0 Å². The van der Waals surface area contributed by atoms with E-state index in [4.69, 9.17) is 9.47 Å². The Morgan fingerprint density at radius 3 is 1.13 bits per heavy atom. The van der Waals surface area contributed by atoms with Gasteiger partial charge >= 0.3 is 0 Å². The van der Waals surface area contributed by atoms with Crippen molar-refractivity contribution in [3.05, 3.63) is 157 Å². The lowest BCUT2D eigenvalue weighted by molar-refractivity contribution is 0.213. The second kappa shape index (κ2) is 12.4. The molecule has 0 saturated carbocycles. The van der Waals surface area contributed by atoms with Gasteiger partial charge in [0.1, 0.15) is 23.0 Å². The lowest BCUT2D eigenvalue weighted by atomic mass is 9.72. The van der Waals surface area contributed by atoms with Crippen LogP contribution in [0.1, 0.15) is 24.0 Å². The molecule has 0 saturated heterocycles. The van der Waals surface area contributed by atoms with E-state index in [1.807, 2.05) is 84.9 Å². The molecule has 0 radical (unpaired) electrons. The number of benzene rings is 6. The van der Waals surface area contributed by atoms with Crippen LogP contribution in [0.2, 0.25) is 0 Å². The number of rotatable bonds is 10. The van der Waals surface area contributed by atoms with E-state index < -0.39 is 5.41 Å². The van der Waals surface area contributed by atoms with Crippen molar-refractivity contribution in [1.82, 2.24) is 0 Å². The summed E-state index contributed by atoms with van der Waals surface area (Å²) >= 11 is 0. The first-order valence-electron chi connectivity index (χ1n) is 15.3. The maximum absolute atomic E-state index is 10.3. The number of ether oxygens (including phenoxy) is 2. The monoisotopic (exact) mass is 590 g/mol. The second-order valence-electron chi connectivity index (χ2n) is 11.4. The van der Waals surface area contributed by atoms with Crippen molar-refractivity contribution in [1.29, 1.82) is 0 Å². The minimum atomic E-state index is -0.507. The zero-order chi connectivity index (χ0) is 30.6. The van der Waals surface area contributed by atoms with Crippen LogP contribution in [0.5, 0.6) is 23.0 Å². The molecule has 6 aromatic carbocycles. The molecule has 0 heterocycles. The van der Waals surface area contributed by atoms with E-state index in [0.717, 1.165) is 67.5 Å². The predicted octanol–water partition coefficient (Wildman–Crippen LogP) is 9.64. The predicted molar refractivity (Wildman–Crippen MR) is 180 cm³/mol. The molecule has 222 valence electrons. The molecular formula is C41H34O4. The maximum Gasteiger partial charge on any atom is 0.127 e. The Hall–Kier alpha value is -5.16. The molecule has 0 aromatic heterocycles. The van der Waals surface area contributed by atoms with Gasteiger partial charge < -0.3 is 19.7 Å². The van der Waals surface area contributed by atoms with Crippen LogP contribution < -0.4 is 9.47 Å². The fraction of sp³-hybridized carbons (Fsp3) is 0.122. The number of hydrogen-bond donors (Lipinski definition) is 2. The molecule has 6 aromatic rings. The van der Waals surface area contributed by atoms with Crippen LogP contribution in [0.3, 0.4) is 0 Å². The van der Waals surface area contributed by atoms with E-state index in [-0.39, 0.29) is 13.2 Å². The molecule has 4 nitrogen and oxygen atoms in total. The highest BCUT2D eigenvalue weighted by molar-refractivity contribution is 5.86. The van der Waals surface area contributed by atoms with Crippen LogP contribution in [-0.2, 0) is 5.41 Å². The lowest BCUT2D eigenvalue weighted by Crippen LogP contribution is -2.28. The molecule has 0 unspecified atom stereocenters. The van der Waals surface area contributed by atoms with Crippen LogP contribution >= 0.6 is 0 Å². The van der Waals surface area contributed by atoms with E-state index in [9.17, 15) is 10.2 Å². The number of aliphatic hydroxyl groups excluding tert-OH is 2. The van der Waals surface area contributed by atoms with Crippen LogP contribution in [0.25, 0.3) is 33.4 Å². The molecule has 0 bridgehead atoms. The summed E-state index contributed by atoms with van der Waals surface area (Å²) in [7, 11) is 0. The third kappa shape index (κ3) is 5.62. The van der Waals surface area contributed by atoms with Gasteiger partial charge in [0.25, 0.3) is 0 Å². The molecular weight excluding hydrogens is 556 g/mol. The molecule has 1 aliphatic carbocycles. The summed E-state index contributed by atoms with van der Waals surface area (Å²) in [6, 6.07) is 48.9. The van der Waals surface area contributed by atoms with Gasteiger partial charge in [-0.25, -0.2) is 0 Å². The summed E-state index contributed by atoms with van der Waals surface area (Å²) in [5.41, 5.74) is 8.41. The average molecular weight is 591 g/mol. The van der Waals surface area contributed by atoms with E-state index in [1.165, 1.54) is 0 Å². The molecule has 0 atom stereocenters. The van der Waals surface area contributed by atoms with E-state index in [1.54, 1.807) is 0 Å². The van der Waals surface area contributed by atoms with Gasteiger partial charge in [-0.1, -0.05) is 84.9 Å². The Morgan fingerprint density at radius 1 is 0.400 bits per heavy atom.